The second kappa shape index (κ2) is 6.83. The Bertz CT molecular complexity index is 488. The van der Waals surface area contributed by atoms with Crippen molar-refractivity contribution < 1.29 is 4.74 Å². The summed E-state index contributed by atoms with van der Waals surface area (Å²) in [5.74, 6) is 0.953. The lowest BCUT2D eigenvalue weighted by Crippen LogP contribution is -1.99. The van der Waals surface area contributed by atoms with E-state index in [4.69, 9.17) is 10.5 Å². The van der Waals surface area contributed by atoms with Crippen molar-refractivity contribution in [3.63, 3.8) is 0 Å². The Morgan fingerprint density at radius 1 is 0.895 bits per heavy atom. The lowest BCUT2D eigenvalue weighted by Gasteiger charge is -2.07. The first-order valence-electron chi connectivity index (χ1n) is 6.84. The van der Waals surface area contributed by atoms with E-state index in [-0.39, 0.29) is 0 Å². The van der Waals surface area contributed by atoms with Crippen molar-refractivity contribution >= 4 is 5.69 Å². The van der Waals surface area contributed by atoms with Crippen molar-refractivity contribution in [3.05, 3.63) is 59.7 Å². The molecule has 2 heteroatoms. The van der Waals surface area contributed by atoms with Crippen LogP contribution in [0.5, 0.6) is 5.75 Å². The van der Waals surface area contributed by atoms with E-state index in [9.17, 15) is 0 Å². The molecule has 2 aromatic rings. The quantitative estimate of drug-likeness (QED) is 0.628. The number of ether oxygens (including phenoxy) is 1. The third-order valence-corrected chi connectivity index (χ3v) is 3.19. The first kappa shape index (κ1) is 13.5. The van der Waals surface area contributed by atoms with Gasteiger partial charge in [-0.25, -0.2) is 0 Å². The summed E-state index contributed by atoms with van der Waals surface area (Å²) in [6.07, 6.45) is 3.10. The monoisotopic (exact) mass is 255 g/mol. The van der Waals surface area contributed by atoms with E-state index in [2.05, 4.69) is 31.2 Å². The number of nitrogens with two attached hydrogens (primary N) is 1. The lowest BCUT2D eigenvalue weighted by atomic mass is 10.1. The zero-order valence-corrected chi connectivity index (χ0v) is 11.4. The standard InChI is InChI=1S/C17H21NO/c1-2-14-7-11-17(12-8-14)19-13-3-4-15-5-9-16(18)10-6-15/h5-12H,2-4,13,18H2,1H3. The Kier molecular flexibility index (Phi) is 4.85. The minimum absolute atomic E-state index is 0.746. The summed E-state index contributed by atoms with van der Waals surface area (Å²) in [5, 5.41) is 0. The zero-order chi connectivity index (χ0) is 13.5. The number of benzene rings is 2. The molecule has 0 saturated carbocycles. The second-order valence-corrected chi connectivity index (χ2v) is 4.69. The first-order chi connectivity index (χ1) is 9.28. The van der Waals surface area contributed by atoms with E-state index in [0.717, 1.165) is 37.3 Å². The van der Waals surface area contributed by atoms with Crippen molar-refractivity contribution in [2.75, 3.05) is 12.3 Å². The molecule has 2 rings (SSSR count). The molecule has 100 valence electrons. The summed E-state index contributed by atoms with van der Waals surface area (Å²) < 4.78 is 5.73. The Morgan fingerprint density at radius 2 is 1.53 bits per heavy atom. The number of nitrogen functional groups attached to an aromatic ring is 1. The van der Waals surface area contributed by atoms with Crippen LogP contribution in [0.4, 0.5) is 5.69 Å². The van der Waals surface area contributed by atoms with Crippen LogP contribution in [0.25, 0.3) is 0 Å². The molecule has 2 nitrogen and oxygen atoms in total. The summed E-state index contributed by atoms with van der Waals surface area (Å²) in [4.78, 5) is 0. The fourth-order valence-electron chi connectivity index (χ4n) is 1.97. The van der Waals surface area contributed by atoms with E-state index in [1.165, 1.54) is 11.1 Å². The highest BCUT2D eigenvalue weighted by molar-refractivity contribution is 5.39. The van der Waals surface area contributed by atoms with Gasteiger partial charge >= 0.3 is 0 Å². The van der Waals surface area contributed by atoms with E-state index >= 15 is 0 Å². The van der Waals surface area contributed by atoms with Crippen molar-refractivity contribution in [2.24, 2.45) is 0 Å². The van der Waals surface area contributed by atoms with Crippen molar-refractivity contribution in [2.45, 2.75) is 26.2 Å². The minimum Gasteiger partial charge on any atom is -0.494 e. The maximum absolute atomic E-state index is 5.73. The highest BCUT2D eigenvalue weighted by Gasteiger charge is 1.96. The van der Waals surface area contributed by atoms with Gasteiger partial charge in [0.2, 0.25) is 0 Å². The van der Waals surface area contributed by atoms with Gasteiger partial charge in [0.15, 0.2) is 0 Å². The van der Waals surface area contributed by atoms with Gasteiger partial charge in [-0.05, 0) is 54.7 Å². The van der Waals surface area contributed by atoms with Crippen LogP contribution in [0.15, 0.2) is 48.5 Å². The minimum atomic E-state index is 0.746. The molecule has 0 spiro atoms. The van der Waals surface area contributed by atoms with Gasteiger partial charge < -0.3 is 10.5 Å². The molecule has 0 fully saturated rings. The number of hydrogen-bond acceptors (Lipinski definition) is 2. The fourth-order valence-corrected chi connectivity index (χ4v) is 1.97. The molecule has 0 bridgehead atoms. The molecule has 0 radical (unpaired) electrons. The van der Waals surface area contributed by atoms with Crippen LogP contribution in [-0.2, 0) is 12.8 Å². The van der Waals surface area contributed by atoms with Crippen LogP contribution >= 0.6 is 0 Å². The van der Waals surface area contributed by atoms with Gasteiger partial charge in [0.1, 0.15) is 5.75 Å². The van der Waals surface area contributed by atoms with Gasteiger partial charge in [-0.15, -0.1) is 0 Å². The predicted molar refractivity (Wildman–Crippen MR) is 80.5 cm³/mol. The smallest absolute Gasteiger partial charge is 0.119 e. The van der Waals surface area contributed by atoms with Crippen molar-refractivity contribution in [1.29, 1.82) is 0 Å². The number of anilines is 1. The first-order valence-corrected chi connectivity index (χ1v) is 6.84. The number of hydrogen-bond donors (Lipinski definition) is 1. The second-order valence-electron chi connectivity index (χ2n) is 4.69. The van der Waals surface area contributed by atoms with Gasteiger partial charge in [0.05, 0.1) is 6.61 Å². The van der Waals surface area contributed by atoms with Gasteiger partial charge in [0.25, 0.3) is 0 Å². The molecule has 0 aliphatic carbocycles. The van der Waals surface area contributed by atoms with E-state index in [1.54, 1.807) is 0 Å². The van der Waals surface area contributed by atoms with Gasteiger partial charge in [-0.3, -0.25) is 0 Å². The summed E-state index contributed by atoms with van der Waals surface area (Å²) in [6.45, 7) is 2.90. The average Bonchev–Trinajstić information content (AvgIpc) is 2.46. The van der Waals surface area contributed by atoms with Crippen LogP contribution in [0.2, 0.25) is 0 Å². The molecule has 0 aliphatic heterocycles. The Morgan fingerprint density at radius 3 is 2.16 bits per heavy atom. The third-order valence-electron chi connectivity index (χ3n) is 3.19. The van der Waals surface area contributed by atoms with Crippen molar-refractivity contribution in [1.82, 2.24) is 0 Å². The average molecular weight is 255 g/mol. The molecular weight excluding hydrogens is 234 g/mol. The summed E-state index contributed by atoms with van der Waals surface area (Å²) in [6, 6.07) is 16.4. The maximum Gasteiger partial charge on any atom is 0.119 e. The Labute approximate surface area is 115 Å². The van der Waals surface area contributed by atoms with Crippen molar-refractivity contribution in [3.8, 4) is 5.75 Å². The SMILES string of the molecule is CCc1ccc(OCCCc2ccc(N)cc2)cc1. The fraction of sp³-hybridized carbons (Fsp3) is 0.294. The number of aryl methyl sites for hydroxylation is 2. The van der Waals surface area contributed by atoms with E-state index < -0.39 is 0 Å². The van der Waals surface area contributed by atoms with Crippen LogP contribution in [0, 0.1) is 0 Å². The number of rotatable bonds is 6. The van der Waals surface area contributed by atoms with E-state index in [1.807, 2.05) is 24.3 Å². The maximum atomic E-state index is 5.73. The Balaban J connectivity index is 1.72. The molecule has 19 heavy (non-hydrogen) atoms. The molecular formula is C17H21NO. The van der Waals surface area contributed by atoms with Gasteiger partial charge in [-0.2, -0.15) is 0 Å². The largest absolute Gasteiger partial charge is 0.494 e. The van der Waals surface area contributed by atoms with Crippen LogP contribution in [0.3, 0.4) is 0 Å². The summed E-state index contributed by atoms with van der Waals surface area (Å²) >= 11 is 0. The molecule has 0 saturated heterocycles. The van der Waals surface area contributed by atoms with Gasteiger partial charge in [0, 0.05) is 5.69 Å². The Hall–Kier alpha value is -1.96. The molecule has 0 aromatic heterocycles. The molecule has 0 amide bonds. The highest BCUT2D eigenvalue weighted by Crippen LogP contribution is 2.13. The zero-order valence-electron chi connectivity index (χ0n) is 11.4. The molecule has 2 aromatic carbocycles. The third kappa shape index (κ3) is 4.32. The van der Waals surface area contributed by atoms with Crippen LogP contribution in [-0.4, -0.2) is 6.61 Å². The van der Waals surface area contributed by atoms with Crippen LogP contribution < -0.4 is 10.5 Å². The highest BCUT2D eigenvalue weighted by atomic mass is 16.5. The molecule has 0 heterocycles. The van der Waals surface area contributed by atoms with E-state index in [0.29, 0.717) is 0 Å². The topological polar surface area (TPSA) is 35.2 Å². The van der Waals surface area contributed by atoms with Gasteiger partial charge in [-0.1, -0.05) is 31.2 Å². The molecule has 0 aliphatic rings. The molecule has 2 N–H and O–H groups in total. The summed E-state index contributed by atoms with van der Waals surface area (Å²) in [7, 11) is 0. The normalized spacial score (nSPS) is 10.4. The van der Waals surface area contributed by atoms with Crippen LogP contribution in [0.1, 0.15) is 24.5 Å². The molecule has 0 unspecified atom stereocenters. The predicted octanol–water partition coefficient (Wildman–Crippen LogP) is 3.84. The molecule has 0 atom stereocenters. The lowest BCUT2D eigenvalue weighted by molar-refractivity contribution is 0.311. The summed E-state index contributed by atoms with van der Waals surface area (Å²) in [5.41, 5.74) is 9.12.